The van der Waals surface area contributed by atoms with Crippen molar-refractivity contribution in [3.8, 4) is 0 Å². The summed E-state index contributed by atoms with van der Waals surface area (Å²) in [5.41, 5.74) is 0.0642. The molecule has 0 atom stereocenters. The van der Waals surface area contributed by atoms with Crippen molar-refractivity contribution < 1.29 is 4.42 Å². The Balaban J connectivity index is 3.43. The molecule has 0 saturated heterocycles. The fourth-order valence-corrected chi connectivity index (χ4v) is 0.692. The number of halogens is 1. The molecule has 0 aromatic carbocycles. The van der Waals surface area contributed by atoms with Gasteiger partial charge in [-0.3, -0.25) is 0 Å². The van der Waals surface area contributed by atoms with Crippen LogP contribution in [-0.4, -0.2) is 4.98 Å². The molecule has 10 heavy (non-hydrogen) atoms. The monoisotopic (exact) mass is 159 g/mol. The first-order valence-electron chi connectivity index (χ1n) is 2.75. The Morgan fingerprint density at radius 3 is 2.60 bits per heavy atom. The Hall–Kier alpha value is -0.830. The molecule has 4 heteroatoms. The van der Waals surface area contributed by atoms with Crippen LogP contribution in [0.15, 0.2) is 9.21 Å². The van der Waals surface area contributed by atoms with E-state index in [0.717, 1.165) is 0 Å². The number of aromatic nitrogens is 1. The van der Waals surface area contributed by atoms with Gasteiger partial charge in [0.2, 0.25) is 5.15 Å². The lowest BCUT2D eigenvalue weighted by Crippen LogP contribution is -2.04. The molecule has 1 aromatic rings. The van der Waals surface area contributed by atoms with Crippen molar-refractivity contribution in [2.45, 2.75) is 13.8 Å². The molecule has 1 heterocycles. The highest BCUT2D eigenvalue weighted by Crippen LogP contribution is 2.02. The maximum absolute atomic E-state index is 10.6. The van der Waals surface area contributed by atoms with Gasteiger partial charge in [-0.1, -0.05) is 11.6 Å². The van der Waals surface area contributed by atoms with E-state index in [1.165, 1.54) is 0 Å². The third-order valence-electron chi connectivity index (χ3n) is 1.19. The van der Waals surface area contributed by atoms with Gasteiger partial charge in [0.25, 0.3) is 0 Å². The smallest absolute Gasteiger partial charge is 0.373 e. The predicted molar refractivity (Wildman–Crippen MR) is 37.3 cm³/mol. The summed E-state index contributed by atoms with van der Waals surface area (Å²) in [6, 6.07) is 0. The molecule has 0 fully saturated rings. The van der Waals surface area contributed by atoms with Crippen LogP contribution in [0.3, 0.4) is 0 Å². The lowest BCUT2D eigenvalue weighted by Gasteiger charge is -1.94. The average Bonchev–Trinajstić information content (AvgIpc) is 1.84. The van der Waals surface area contributed by atoms with Crippen LogP contribution in [0.1, 0.15) is 11.5 Å². The maximum Gasteiger partial charge on any atom is 0.373 e. The van der Waals surface area contributed by atoms with Crippen molar-refractivity contribution in [3.05, 3.63) is 27.0 Å². The van der Waals surface area contributed by atoms with Crippen LogP contribution < -0.4 is 5.63 Å². The summed E-state index contributed by atoms with van der Waals surface area (Å²) >= 11 is 5.37. The van der Waals surface area contributed by atoms with Crippen molar-refractivity contribution >= 4 is 11.6 Å². The molecular formula is C6H6ClNO2. The highest BCUT2D eigenvalue weighted by molar-refractivity contribution is 6.29. The highest BCUT2D eigenvalue weighted by Gasteiger charge is 2.02. The Labute approximate surface area is 62.7 Å². The van der Waals surface area contributed by atoms with E-state index in [2.05, 4.69) is 9.40 Å². The molecule has 1 rings (SSSR count). The van der Waals surface area contributed by atoms with E-state index in [1.54, 1.807) is 13.8 Å². The standard InChI is InChI=1S/C6H6ClNO2/c1-3-4(2)10-6(9)5(7)8-3/h1-2H3. The molecular weight excluding hydrogens is 154 g/mol. The molecule has 0 spiro atoms. The highest BCUT2D eigenvalue weighted by atomic mass is 35.5. The zero-order chi connectivity index (χ0) is 7.72. The molecule has 0 unspecified atom stereocenters. The first kappa shape index (κ1) is 7.28. The predicted octanol–water partition coefficient (Wildman–Crippen LogP) is 1.31. The van der Waals surface area contributed by atoms with Crippen molar-refractivity contribution in [2.24, 2.45) is 0 Å². The maximum atomic E-state index is 10.6. The zero-order valence-corrected chi connectivity index (χ0v) is 6.40. The molecule has 0 N–H and O–H groups in total. The summed E-state index contributed by atoms with van der Waals surface area (Å²) in [4.78, 5) is 14.4. The van der Waals surface area contributed by atoms with Crippen molar-refractivity contribution in [3.63, 3.8) is 0 Å². The van der Waals surface area contributed by atoms with E-state index in [9.17, 15) is 4.79 Å². The molecule has 0 radical (unpaired) electrons. The van der Waals surface area contributed by atoms with Crippen molar-refractivity contribution in [2.75, 3.05) is 0 Å². The van der Waals surface area contributed by atoms with Gasteiger partial charge in [-0.15, -0.1) is 0 Å². The molecule has 1 aromatic heterocycles. The van der Waals surface area contributed by atoms with Gasteiger partial charge in [0.1, 0.15) is 5.76 Å². The lowest BCUT2D eigenvalue weighted by molar-refractivity contribution is 0.466. The fraction of sp³-hybridized carbons (Fsp3) is 0.333. The average molecular weight is 160 g/mol. The second-order valence-corrected chi connectivity index (χ2v) is 2.29. The summed E-state index contributed by atoms with van der Waals surface area (Å²) < 4.78 is 4.69. The minimum atomic E-state index is -0.579. The lowest BCUT2D eigenvalue weighted by atomic mass is 10.4. The van der Waals surface area contributed by atoms with Gasteiger partial charge in [0.05, 0.1) is 5.69 Å². The summed E-state index contributed by atoms with van der Waals surface area (Å²) in [5.74, 6) is 0.509. The van der Waals surface area contributed by atoms with Gasteiger partial charge < -0.3 is 4.42 Å². The molecule has 3 nitrogen and oxygen atoms in total. The van der Waals surface area contributed by atoms with Crippen LogP contribution in [0.2, 0.25) is 5.15 Å². The minimum absolute atomic E-state index is 0.108. The van der Waals surface area contributed by atoms with E-state index in [1.807, 2.05) is 0 Å². The van der Waals surface area contributed by atoms with Crippen LogP contribution in [-0.2, 0) is 0 Å². The SMILES string of the molecule is Cc1nc(Cl)c(=O)oc1C. The molecule has 0 amide bonds. The van der Waals surface area contributed by atoms with E-state index in [-0.39, 0.29) is 5.15 Å². The quantitative estimate of drug-likeness (QED) is 0.573. The van der Waals surface area contributed by atoms with Crippen molar-refractivity contribution in [1.29, 1.82) is 0 Å². The molecule has 0 saturated carbocycles. The van der Waals surface area contributed by atoms with E-state index < -0.39 is 5.63 Å². The van der Waals surface area contributed by atoms with Crippen LogP contribution in [0.25, 0.3) is 0 Å². The topological polar surface area (TPSA) is 43.1 Å². The van der Waals surface area contributed by atoms with E-state index in [0.29, 0.717) is 11.5 Å². The zero-order valence-electron chi connectivity index (χ0n) is 5.64. The summed E-state index contributed by atoms with van der Waals surface area (Å²) in [5, 5.41) is -0.108. The summed E-state index contributed by atoms with van der Waals surface area (Å²) in [6.45, 7) is 3.39. The Morgan fingerprint density at radius 1 is 1.50 bits per heavy atom. The molecule has 54 valence electrons. The van der Waals surface area contributed by atoms with Crippen LogP contribution >= 0.6 is 11.6 Å². The largest absolute Gasteiger partial charge is 0.424 e. The van der Waals surface area contributed by atoms with Crippen LogP contribution in [0.4, 0.5) is 0 Å². The molecule has 0 aliphatic rings. The first-order chi connectivity index (χ1) is 4.61. The van der Waals surface area contributed by atoms with Crippen LogP contribution in [0.5, 0.6) is 0 Å². The number of rotatable bonds is 0. The van der Waals surface area contributed by atoms with Crippen LogP contribution in [0, 0.1) is 13.8 Å². The second-order valence-electron chi connectivity index (χ2n) is 1.93. The van der Waals surface area contributed by atoms with Gasteiger partial charge in [0.15, 0.2) is 0 Å². The number of nitrogens with zero attached hydrogens (tertiary/aromatic N) is 1. The molecule has 0 aliphatic carbocycles. The normalized spacial score (nSPS) is 9.90. The Morgan fingerprint density at radius 2 is 2.10 bits per heavy atom. The Bertz CT molecular complexity index is 305. The van der Waals surface area contributed by atoms with E-state index >= 15 is 0 Å². The van der Waals surface area contributed by atoms with Gasteiger partial charge in [-0.25, -0.2) is 9.78 Å². The number of aryl methyl sites for hydroxylation is 2. The third-order valence-corrected chi connectivity index (χ3v) is 1.43. The number of hydrogen-bond acceptors (Lipinski definition) is 3. The molecule has 0 aliphatic heterocycles. The van der Waals surface area contributed by atoms with E-state index in [4.69, 9.17) is 11.6 Å². The number of hydrogen-bond donors (Lipinski definition) is 0. The van der Waals surface area contributed by atoms with Gasteiger partial charge >= 0.3 is 5.63 Å². The van der Waals surface area contributed by atoms with Gasteiger partial charge in [-0.2, -0.15) is 0 Å². The molecule has 0 bridgehead atoms. The van der Waals surface area contributed by atoms with Gasteiger partial charge in [0, 0.05) is 0 Å². The third kappa shape index (κ3) is 1.19. The first-order valence-corrected chi connectivity index (χ1v) is 3.13. The minimum Gasteiger partial charge on any atom is -0.424 e. The fourth-order valence-electron chi connectivity index (χ4n) is 0.527. The summed E-state index contributed by atoms with van der Waals surface area (Å²) in [6.07, 6.45) is 0. The second kappa shape index (κ2) is 2.42. The van der Waals surface area contributed by atoms with Crippen molar-refractivity contribution in [1.82, 2.24) is 4.98 Å². The van der Waals surface area contributed by atoms with Gasteiger partial charge in [-0.05, 0) is 13.8 Å². The Kier molecular flexibility index (Phi) is 1.76. The summed E-state index contributed by atoms with van der Waals surface area (Å²) in [7, 11) is 0.